The van der Waals surface area contributed by atoms with Crippen molar-refractivity contribution in [1.29, 1.82) is 0 Å². The minimum absolute atomic E-state index is 0.0808. The lowest BCUT2D eigenvalue weighted by molar-refractivity contribution is 0.832. The Kier molecular flexibility index (Phi) is 3.50. The van der Waals surface area contributed by atoms with Gasteiger partial charge < -0.3 is 0 Å². The summed E-state index contributed by atoms with van der Waals surface area (Å²) >= 11 is 4.79. The van der Waals surface area contributed by atoms with Crippen LogP contribution in [0.3, 0.4) is 0 Å². The molecule has 0 saturated carbocycles. The standard InChI is InChI=1S/C14H10BrN3OS/c1-18-13(19)11-3-2-8-16-12(11)20-14(18)17-10-6-4-9(15)5-7-10/h2-8H,1H3. The van der Waals surface area contributed by atoms with Gasteiger partial charge in [0.2, 0.25) is 0 Å². The lowest BCUT2D eigenvalue weighted by atomic mass is 10.3. The van der Waals surface area contributed by atoms with E-state index in [2.05, 4.69) is 25.9 Å². The molecule has 0 aliphatic heterocycles. The molecule has 0 aliphatic rings. The molecule has 6 heteroatoms. The maximum atomic E-state index is 12.3. The van der Waals surface area contributed by atoms with E-state index in [1.807, 2.05) is 24.3 Å². The van der Waals surface area contributed by atoms with Gasteiger partial charge in [0, 0.05) is 17.7 Å². The van der Waals surface area contributed by atoms with Crippen molar-refractivity contribution in [2.75, 3.05) is 0 Å². The summed E-state index contributed by atoms with van der Waals surface area (Å²) in [6.07, 6.45) is 1.68. The Labute approximate surface area is 127 Å². The maximum absolute atomic E-state index is 12.3. The highest BCUT2D eigenvalue weighted by molar-refractivity contribution is 9.10. The van der Waals surface area contributed by atoms with Crippen molar-refractivity contribution < 1.29 is 0 Å². The van der Waals surface area contributed by atoms with Crippen LogP contribution >= 0.6 is 27.3 Å². The molecule has 0 saturated heterocycles. The average molecular weight is 348 g/mol. The van der Waals surface area contributed by atoms with Crippen LogP contribution < -0.4 is 10.4 Å². The first-order chi connectivity index (χ1) is 9.65. The first-order valence-electron chi connectivity index (χ1n) is 5.90. The number of halogens is 1. The molecule has 0 N–H and O–H groups in total. The third-order valence-electron chi connectivity index (χ3n) is 2.83. The van der Waals surface area contributed by atoms with Crippen LogP contribution in [0.4, 0.5) is 5.69 Å². The van der Waals surface area contributed by atoms with E-state index >= 15 is 0 Å². The highest BCUT2D eigenvalue weighted by Gasteiger charge is 2.04. The van der Waals surface area contributed by atoms with E-state index in [0.717, 1.165) is 10.2 Å². The summed E-state index contributed by atoms with van der Waals surface area (Å²) in [5, 5.41) is 0.620. The molecule has 0 amide bonds. The normalized spacial score (nSPS) is 12.0. The molecule has 0 spiro atoms. The molecule has 0 atom stereocenters. The number of rotatable bonds is 1. The summed E-state index contributed by atoms with van der Waals surface area (Å²) in [6.45, 7) is 0. The number of aromatic nitrogens is 2. The second kappa shape index (κ2) is 5.30. The first-order valence-corrected chi connectivity index (χ1v) is 7.51. The average Bonchev–Trinajstić information content (AvgIpc) is 2.47. The molecule has 0 radical (unpaired) electrons. The van der Waals surface area contributed by atoms with Gasteiger partial charge in [0.25, 0.3) is 5.56 Å². The van der Waals surface area contributed by atoms with Gasteiger partial charge in [-0.25, -0.2) is 9.98 Å². The van der Waals surface area contributed by atoms with Gasteiger partial charge in [0.1, 0.15) is 4.83 Å². The number of hydrogen-bond donors (Lipinski definition) is 0. The number of nitrogens with zero attached hydrogens (tertiary/aromatic N) is 3. The Hall–Kier alpha value is -1.79. The van der Waals surface area contributed by atoms with Crippen molar-refractivity contribution in [2.24, 2.45) is 12.0 Å². The SMILES string of the molecule is Cn1c(=Nc2ccc(Br)cc2)sc2ncccc2c1=O. The second-order valence-electron chi connectivity index (χ2n) is 4.19. The molecule has 2 aromatic heterocycles. The molecule has 0 bridgehead atoms. The van der Waals surface area contributed by atoms with Crippen LogP contribution in [0.25, 0.3) is 10.2 Å². The minimum atomic E-state index is -0.0808. The zero-order valence-electron chi connectivity index (χ0n) is 10.6. The fraction of sp³-hybridized carbons (Fsp3) is 0.0714. The minimum Gasteiger partial charge on any atom is -0.287 e. The predicted octanol–water partition coefficient (Wildman–Crippen LogP) is 2.99. The molecule has 20 heavy (non-hydrogen) atoms. The molecule has 2 heterocycles. The molecule has 1 aromatic carbocycles. The molecule has 100 valence electrons. The Morgan fingerprint density at radius 2 is 2.00 bits per heavy atom. The summed E-state index contributed by atoms with van der Waals surface area (Å²) < 4.78 is 2.55. The van der Waals surface area contributed by atoms with Gasteiger partial charge in [0.15, 0.2) is 4.80 Å². The monoisotopic (exact) mass is 347 g/mol. The lowest BCUT2D eigenvalue weighted by Gasteiger charge is -2.01. The van der Waals surface area contributed by atoms with Crippen LogP contribution in [0.5, 0.6) is 0 Å². The first kappa shape index (κ1) is 13.2. The summed E-state index contributed by atoms with van der Waals surface area (Å²) in [5.41, 5.74) is 0.720. The van der Waals surface area contributed by atoms with Crippen LogP contribution in [-0.2, 0) is 7.05 Å². The highest BCUT2D eigenvalue weighted by Crippen LogP contribution is 2.16. The van der Waals surface area contributed by atoms with Crippen molar-refractivity contribution in [3.63, 3.8) is 0 Å². The van der Waals surface area contributed by atoms with Crippen molar-refractivity contribution in [3.8, 4) is 0 Å². The smallest absolute Gasteiger partial charge is 0.262 e. The quantitative estimate of drug-likeness (QED) is 0.679. The lowest BCUT2D eigenvalue weighted by Crippen LogP contribution is -2.28. The Bertz CT molecular complexity index is 897. The number of fused-ring (bicyclic) bond motifs is 1. The zero-order valence-corrected chi connectivity index (χ0v) is 13.0. The van der Waals surface area contributed by atoms with Gasteiger partial charge in [-0.1, -0.05) is 27.3 Å². The van der Waals surface area contributed by atoms with E-state index in [-0.39, 0.29) is 5.56 Å². The summed E-state index contributed by atoms with van der Waals surface area (Å²) in [6, 6.07) is 11.2. The molecule has 0 aliphatic carbocycles. The van der Waals surface area contributed by atoms with Crippen molar-refractivity contribution in [1.82, 2.24) is 9.55 Å². The van der Waals surface area contributed by atoms with E-state index < -0.39 is 0 Å². The number of hydrogen-bond acceptors (Lipinski definition) is 4. The van der Waals surface area contributed by atoms with E-state index in [1.54, 1.807) is 29.9 Å². The van der Waals surface area contributed by atoms with E-state index in [4.69, 9.17) is 0 Å². The summed E-state index contributed by atoms with van der Waals surface area (Å²) in [7, 11) is 1.73. The third-order valence-corrected chi connectivity index (χ3v) is 4.43. The van der Waals surface area contributed by atoms with Crippen molar-refractivity contribution in [3.05, 3.63) is 62.2 Å². The molecular formula is C14H10BrN3OS. The Balaban J connectivity index is 2.29. The zero-order chi connectivity index (χ0) is 14.1. The molecule has 0 unspecified atom stereocenters. The fourth-order valence-corrected chi connectivity index (χ4v) is 2.97. The van der Waals surface area contributed by atoms with Gasteiger partial charge in [-0.15, -0.1) is 0 Å². The van der Waals surface area contributed by atoms with Crippen molar-refractivity contribution in [2.45, 2.75) is 0 Å². The molecule has 0 fully saturated rings. The van der Waals surface area contributed by atoms with Crippen LogP contribution in [0, 0.1) is 0 Å². The Morgan fingerprint density at radius 3 is 2.75 bits per heavy atom. The molecule has 3 aromatic rings. The van der Waals surface area contributed by atoms with Crippen LogP contribution in [0.2, 0.25) is 0 Å². The second-order valence-corrected chi connectivity index (χ2v) is 6.06. The van der Waals surface area contributed by atoms with Crippen LogP contribution in [-0.4, -0.2) is 9.55 Å². The van der Waals surface area contributed by atoms with E-state index in [1.165, 1.54) is 11.3 Å². The highest BCUT2D eigenvalue weighted by atomic mass is 79.9. The van der Waals surface area contributed by atoms with Gasteiger partial charge in [-0.3, -0.25) is 9.36 Å². The number of pyridine rings is 1. The Morgan fingerprint density at radius 1 is 1.25 bits per heavy atom. The largest absolute Gasteiger partial charge is 0.287 e. The van der Waals surface area contributed by atoms with Crippen LogP contribution in [0.1, 0.15) is 0 Å². The van der Waals surface area contributed by atoms with E-state index in [0.29, 0.717) is 15.0 Å². The molecular weight excluding hydrogens is 338 g/mol. The topological polar surface area (TPSA) is 47.2 Å². The fourth-order valence-electron chi connectivity index (χ4n) is 1.78. The van der Waals surface area contributed by atoms with Gasteiger partial charge >= 0.3 is 0 Å². The van der Waals surface area contributed by atoms with Crippen LogP contribution in [0.15, 0.2) is 56.9 Å². The number of benzene rings is 1. The van der Waals surface area contributed by atoms with Gasteiger partial charge in [-0.2, -0.15) is 0 Å². The van der Waals surface area contributed by atoms with E-state index in [9.17, 15) is 4.79 Å². The van der Waals surface area contributed by atoms with Crippen molar-refractivity contribution >= 4 is 43.2 Å². The summed E-state index contributed by atoms with van der Waals surface area (Å²) in [5.74, 6) is 0. The maximum Gasteiger partial charge on any atom is 0.262 e. The predicted molar refractivity (Wildman–Crippen MR) is 84.2 cm³/mol. The summed E-state index contributed by atoms with van der Waals surface area (Å²) in [4.78, 5) is 22.3. The molecule has 4 nitrogen and oxygen atoms in total. The molecule has 3 rings (SSSR count). The van der Waals surface area contributed by atoms with Gasteiger partial charge in [0.05, 0.1) is 11.1 Å². The third kappa shape index (κ3) is 2.44. The van der Waals surface area contributed by atoms with Gasteiger partial charge in [-0.05, 0) is 36.4 Å².